The maximum Gasteiger partial charge on any atom is 0.389 e. The number of terminal acetylenes is 1. The zero-order valence-electron chi connectivity index (χ0n) is 9.63. The van der Waals surface area contributed by atoms with E-state index in [-0.39, 0.29) is 11.9 Å². The SMILES string of the molecule is C#CCC1CCC(CSCCC(F)(F)F)CO1. The number of thioether (sulfide) groups is 1. The van der Waals surface area contributed by atoms with Gasteiger partial charge < -0.3 is 4.74 Å². The van der Waals surface area contributed by atoms with Crippen molar-refractivity contribution in [2.24, 2.45) is 5.92 Å². The van der Waals surface area contributed by atoms with Gasteiger partial charge in [0.15, 0.2) is 0 Å². The Morgan fingerprint density at radius 3 is 2.65 bits per heavy atom. The molecule has 0 aromatic heterocycles. The van der Waals surface area contributed by atoms with E-state index < -0.39 is 12.6 Å². The van der Waals surface area contributed by atoms with Gasteiger partial charge in [-0.05, 0) is 24.5 Å². The van der Waals surface area contributed by atoms with Crippen LogP contribution in [0.4, 0.5) is 13.2 Å². The van der Waals surface area contributed by atoms with Crippen molar-refractivity contribution in [3.8, 4) is 12.3 Å². The molecule has 0 N–H and O–H groups in total. The zero-order valence-corrected chi connectivity index (χ0v) is 10.4. The molecule has 17 heavy (non-hydrogen) atoms. The second-order valence-corrected chi connectivity index (χ2v) is 5.40. The van der Waals surface area contributed by atoms with Gasteiger partial charge >= 0.3 is 6.18 Å². The number of hydrogen-bond donors (Lipinski definition) is 0. The Labute approximate surface area is 104 Å². The predicted molar refractivity (Wildman–Crippen MR) is 63.9 cm³/mol. The first-order chi connectivity index (χ1) is 8.01. The largest absolute Gasteiger partial charge is 0.389 e. The van der Waals surface area contributed by atoms with Crippen LogP contribution in [0.5, 0.6) is 0 Å². The minimum absolute atomic E-state index is 0.147. The van der Waals surface area contributed by atoms with Gasteiger partial charge in [-0.3, -0.25) is 0 Å². The van der Waals surface area contributed by atoms with Crippen LogP contribution in [0.2, 0.25) is 0 Å². The van der Waals surface area contributed by atoms with E-state index in [2.05, 4.69) is 5.92 Å². The Morgan fingerprint density at radius 1 is 1.35 bits per heavy atom. The molecule has 0 radical (unpaired) electrons. The monoisotopic (exact) mass is 266 g/mol. The van der Waals surface area contributed by atoms with Crippen LogP contribution in [-0.2, 0) is 4.74 Å². The number of rotatable bonds is 5. The fourth-order valence-electron chi connectivity index (χ4n) is 1.72. The van der Waals surface area contributed by atoms with Gasteiger partial charge in [0.2, 0.25) is 0 Å². The lowest BCUT2D eigenvalue weighted by Gasteiger charge is -2.27. The molecule has 0 bridgehead atoms. The van der Waals surface area contributed by atoms with Gasteiger partial charge in [0.05, 0.1) is 19.1 Å². The summed E-state index contributed by atoms with van der Waals surface area (Å²) in [4.78, 5) is 0. The first kappa shape index (κ1) is 14.7. The summed E-state index contributed by atoms with van der Waals surface area (Å²) in [5.41, 5.74) is 0. The summed E-state index contributed by atoms with van der Waals surface area (Å²) >= 11 is 1.36. The van der Waals surface area contributed by atoms with Gasteiger partial charge in [0.25, 0.3) is 0 Å². The summed E-state index contributed by atoms with van der Waals surface area (Å²) in [6, 6.07) is 0. The smallest absolute Gasteiger partial charge is 0.377 e. The highest BCUT2D eigenvalue weighted by molar-refractivity contribution is 7.99. The Balaban J connectivity index is 2.05. The summed E-state index contributed by atoms with van der Waals surface area (Å²) in [5.74, 6) is 3.84. The topological polar surface area (TPSA) is 9.23 Å². The normalized spacial score (nSPS) is 25.5. The first-order valence-corrected chi connectivity index (χ1v) is 6.86. The van der Waals surface area contributed by atoms with E-state index in [4.69, 9.17) is 11.2 Å². The van der Waals surface area contributed by atoms with Crippen LogP contribution in [0.25, 0.3) is 0 Å². The maximum absolute atomic E-state index is 11.9. The molecule has 1 heterocycles. The quantitative estimate of drug-likeness (QED) is 0.556. The van der Waals surface area contributed by atoms with Crippen molar-refractivity contribution < 1.29 is 17.9 Å². The van der Waals surface area contributed by atoms with E-state index in [0.717, 1.165) is 18.6 Å². The summed E-state index contributed by atoms with van der Waals surface area (Å²) in [6.45, 7) is 0.630. The molecule has 1 rings (SSSR count). The Bertz CT molecular complexity index is 251. The van der Waals surface area contributed by atoms with Crippen molar-refractivity contribution in [3.05, 3.63) is 0 Å². The molecule has 0 saturated carbocycles. The molecule has 2 unspecified atom stereocenters. The Hall–Kier alpha value is -0.340. The molecule has 0 aromatic rings. The van der Waals surface area contributed by atoms with Gasteiger partial charge in [-0.25, -0.2) is 0 Å². The first-order valence-electron chi connectivity index (χ1n) is 5.71. The van der Waals surface area contributed by atoms with Crippen molar-refractivity contribution >= 4 is 11.8 Å². The third kappa shape index (κ3) is 6.85. The van der Waals surface area contributed by atoms with Crippen molar-refractivity contribution in [1.29, 1.82) is 0 Å². The van der Waals surface area contributed by atoms with E-state index in [1.807, 2.05) is 0 Å². The summed E-state index contributed by atoms with van der Waals surface area (Å²) < 4.78 is 41.3. The average Bonchev–Trinajstić information content (AvgIpc) is 2.26. The molecule has 98 valence electrons. The van der Waals surface area contributed by atoms with Crippen LogP contribution in [0.3, 0.4) is 0 Å². The lowest BCUT2D eigenvalue weighted by molar-refractivity contribution is -0.129. The second kappa shape index (κ2) is 7.17. The van der Waals surface area contributed by atoms with Crippen LogP contribution in [-0.4, -0.2) is 30.4 Å². The molecule has 0 aliphatic carbocycles. The van der Waals surface area contributed by atoms with Crippen LogP contribution in [0.1, 0.15) is 25.7 Å². The van der Waals surface area contributed by atoms with Gasteiger partial charge in [-0.2, -0.15) is 24.9 Å². The van der Waals surface area contributed by atoms with E-state index in [1.165, 1.54) is 11.8 Å². The standard InChI is InChI=1S/C12H17F3OS/c1-2-3-11-5-4-10(8-16-11)9-17-7-6-12(13,14)15/h1,10-11H,3-9H2. The molecule has 0 aromatic carbocycles. The molecule has 1 aliphatic heterocycles. The summed E-state index contributed by atoms with van der Waals surface area (Å²) in [6.07, 6.45) is 3.17. The van der Waals surface area contributed by atoms with Gasteiger partial charge in [-0.1, -0.05) is 0 Å². The van der Waals surface area contributed by atoms with E-state index in [9.17, 15) is 13.2 Å². The fourth-order valence-corrected chi connectivity index (χ4v) is 2.86. The van der Waals surface area contributed by atoms with Crippen LogP contribution in [0, 0.1) is 18.3 Å². The average molecular weight is 266 g/mol. The number of hydrogen-bond acceptors (Lipinski definition) is 2. The van der Waals surface area contributed by atoms with Gasteiger partial charge in [0.1, 0.15) is 0 Å². The van der Waals surface area contributed by atoms with E-state index >= 15 is 0 Å². The van der Waals surface area contributed by atoms with E-state index in [1.54, 1.807) is 0 Å². The Kier molecular flexibility index (Phi) is 6.21. The molecule has 1 nitrogen and oxygen atoms in total. The highest BCUT2D eigenvalue weighted by Gasteiger charge is 2.27. The molecule has 5 heteroatoms. The van der Waals surface area contributed by atoms with Crippen LogP contribution < -0.4 is 0 Å². The van der Waals surface area contributed by atoms with Crippen molar-refractivity contribution in [2.45, 2.75) is 38.0 Å². The highest BCUT2D eigenvalue weighted by atomic mass is 32.2. The molecule has 1 fully saturated rings. The highest BCUT2D eigenvalue weighted by Crippen LogP contribution is 2.26. The number of alkyl halides is 3. The van der Waals surface area contributed by atoms with Gasteiger partial charge in [0, 0.05) is 12.2 Å². The maximum atomic E-state index is 11.9. The lowest BCUT2D eigenvalue weighted by atomic mass is 9.99. The van der Waals surface area contributed by atoms with Crippen molar-refractivity contribution in [2.75, 3.05) is 18.1 Å². The zero-order chi connectivity index (χ0) is 12.7. The minimum atomic E-state index is -4.03. The second-order valence-electron chi connectivity index (χ2n) is 4.25. The summed E-state index contributed by atoms with van der Waals surface area (Å²) in [5, 5.41) is 0. The molecule has 1 saturated heterocycles. The fraction of sp³-hybridized carbons (Fsp3) is 0.833. The minimum Gasteiger partial charge on any atom is -0.377 e. The number of halogens is 3. The predicted octanol–water partition coefficient (Wildman–Crippen LogP) is 3.49. The van der Waals surface area contributed by atoms with Crippen LogP contribution in [0.15, 0.2) is 0 Å². The molecular formula is C12H17F3OS. The third-order valence-corrected chi connectivity index (χ3v) is 3.89. The molecule has 2 atom stereocenters. The third-order valence-electron chi connectivity index (χ3n) is 2.69. The van der Waals surface area contributed by atoms with Gasteiger partial charge in [-0.15, -0.1) is 12.3 Å². The van der Waals surface area contributed by atoms with E-state index in [0.29, 0.717) is 18.9 Å². The summed E-state index contributed by atoms with van der Waals surface area (Å²) in [7, 11) is 0. The van der Waals surface area contributed by atoms with Crippen LogP contribution >= 0.6 is 11.8 Å². The molecule has 0 spiro atoms. The van der Waals surface area contributed by atoms with Crippen molar-refractivity contribution in [3.63, 3.8) is 0 Å². The lowest BCUT2D eigenvalue weighted by Crippen LogP contribution is -2.27. The molecule has 1 aliphatic rings. The molecular weight excluding hydrogens is 249 g/mol. The molecule has 0 amide bonds. The van der Waals surface area contributed by atoms with Crippen molar-refractivity contribution in [1.82, 2.24) is 0 Å². The number of ether oxygens (including phenoxy) is 1. The Morgan fingerprint density at radius 2 is 2.12 bits per heavy atom.